The van der Waals surface area contributed by atoms with Crippen molar-refractivity contribution in [2.24, 2.45) is 5.92 Å². The van der Waals surface area contributed by atoms with Crippen LogP contribution in [0.1, 0.15) is 38.5 Å². The highest BCUT2D eigenvalue weighted by molar-refractivity contribution is 4.84. The van der Waals surface area contributed by atoms with Gasteiger partial charge in [0.05, 0.1) is 0 Å². The van der Waals surface area contributed by atoms with Crippen LogP contribution in [0, 0.1) is 5.92 Å². The molecule has 2 fully saturated rings. The Morgan fingerprint density at radius 2 is 1.94 bits per heavy atom. The zero-order chi connectivity index (χ0) is 12.1. The molecule has 0 aromatic rings. The summed E-state index contributed by atoms with van der Waals surface area (Å²) in [5.41, 5.74) is 0. The van der Waals surface area contributed by atoms with Gasteiger partial charge in [0.25, 0.3) is 0 Å². The van der Waals surface area contributed by atoms with Gasteiger partial charge in [-0.25, -0.2) is 0 Å². The first kappa shape index (κ1) is 13.3. The van der Waals surface area contributed by atoms with E-state index in [2.05, 4.69) is 24.3 Å². The van der Waals surface area contributed by atoms with Crippen LogP contribution in [0.3, 0.4) is 0 Å². The number of ether oxygens (including phenoxy) is 1. The molecule has 0 spiro atoms. The van der Waals surface area contributed by atoms with Gasteiger partial charge in [-0.3, -0.25) is 0 Å². The highest BCUT2D eigenvalue weighted by Gasteiger charge is 2.28. The summed E-state index contributed by atoms with van der Waals surface area (Å²) in [6.45, 7) is 3.15. The van der Waals surface area contributed by atoms with Gasteiger partial charge < -0.3 is 15.0 Å². The lowest BCUT2D eigenvalue weighted by molar-refractivity contribution is 0.0314. The van der Waals surface area contributed by atoms with Crippen molar-refractivity contribution in [3.8, 4) is 0 Å². The molecule has 0 aromatic carbocycles. The second-order valence-corrected chi connectivity index (χ2v) is 5.86. The van der Waals surface area contributed by atoms with Crippen molar-refractivity contribution in [1.29, 1.82) is 0 Å². The minimum absolute atomic E-state index is 0.731. The van der Waals surface area contributed by atoms with Crippen molar-refractivity contribution < 1.29 is 4.74 Å². The van der Waals surface area contributed by atoms with E-state index in [1.807, 2.05) is 0 Å². The second kappa shape index (κ2) is 6.72. The minimum Gasteiger partial charge on any atom is -0.381 e. The van der Waals surface area contributed by atoms with Crippen LogP contribution in [0.5, 0.6) is 0 Å². The molecule has 2 heterocycles. The summed E-state index contributed by atoms with van der Waals surface area (Å²) in [6.07, 6.45) is 7.95. The molecular formula is C14H28N2O. The first-order valence-electron chi connectivity index (χ1n) is 7.25. The second-order valence-electron chi connectivity index (χ2n) is 5.86. The predicted octanol–water partition coefficient (Wildman–Crippen LogP) is 1.88. The number of nitrogens with zero attached hydrogens (tertiary/aromatic N) is 1. The Kier molecular flexibility index (Phi) is 5.26. The molecule has 3 nitrogen and oxygen atoms in total. The fourth-order valence-corrected chi connectivity index (χ4v) is 3.34. The third-order valence-corrected chi connectivity index (χ3v) is 4.41. The van der Waals surface area contributed by atoms with Crippen molar-refractivity contribution in [1.82, 2.24) is 10.2 Å². The first-order chi connectivity index (χ1) is 8.27. The molecule has 2 atom stereocenters. The number of piperidine rings is 1. The van der Waals surface area contributed by atoms with Gasteiger partial charge in [-0.2, -0.15) is 0 Å². The van der Waals surface area contributed by atoms with Gasteiger partial charge in [-0.1, -0.05) is 6.42 Å². The molecule has 2 aliphatic heterocycles. The van der Waals surface area contributed by atoms with Crippen molar-refractivity contribution in [3.63, 3.8) is 0 Å². The molecule has 0 amide bonds. The molecule has 0 radical (unpaired) electrons. The van der Waals surface area contributed by atoms with Crippen molar-refractivity contribution in [2.45, 2.75) is 50.6 Å². The van der Waals surface area contributed by atoms with E-state index in [1.165, 1.54) is 45.1 Å². The van der Waals surface area contributed by atoms with E-state index in [0.717, 1.165) is 31.2 Å². The molecule has 17 heavy (non-hydrogen) atoms. The topological polar surface area (TPSA) is 24.5 Å². The maximum Gasteiger partial charge on any atom is 0.0469 e. The van der Waals surface area contributed by atoms with Crippen molar-refractivity contribution >= 4 is 0 Å². The minimum atomic E-state index is 0.731. The molecular weight excluding hydrogens is 212 g/mol. The van der Waals surface area contributed by atoms with Crippen LogP contribution in [0.4, 0.5) is 0 Å². The molecule has 0 aromatic heterocycles. The van der Waals surface area contributed by atoms with Gasteiger partial charge in [-0.15, -0.1) is 0 Å². The fraction of sp³-hybridized carbons (Fsp3) is 1.00. The van der Waals surface area contributed by atoms with Crippen LogP contribution in [0.15, 0.2) is 0 Å². The fourth-order valence-electron chi connectivity index (χ4n) is 3.34. The largest absolute Gasteiger partial charge is 0.381 e. The van der Waals surface area contributed by atoms with Gasteiger partial charge >= 0.3 is 0 Å². The van der Waals surface area contributed by atoms with Crippen molar-refractivity contribution in [3.05, 3.63) is 0 Å². The Morgan fingerprint density at radius 3 is 2.53 bits per heavy atom. The van der Waals surface area contributed by atoms with Crippen LogP contribution in [-0.4, -0.2) is 50.8 Å². The van der Waals surface area contributed by atoms with Gasteiger partial charge in [0.1, 0.15) is 0 Å². The normalized spacial score (nSPS) is 29.5. The Hall–Kier alpha value is -0.120. The lowest BCUT2D eigenvalue weighted by atomic mass is 9.85. The van der Waals surface area contributed by atoms with E-state index in [9.17, 15) is 0 Å². The van der Waals surface area contributed by atoms with Gasteiger partial charge in [0.15, 0.2) is 0 Å². The molecule has 100 valence electrons. The molecule has 3 heteroatoms. The average molecular weight is 240 g/mol. The van der Waals surface area contributed by atoms with Gasteiger partial charge in [0.2, 0.25) is 0 Å². The molecule has 0 saturated carbocycles. The molecule has 2 aliphatic rings. The third-order valence-electron chi connectivity index (χ3n) is 4.41. The van der Waals surface area contributed by atoms with Crippen molar-refractivity contribution in [2.75, 3.05) is 33.9 Å². The average Bonchev–Trinajstić information content (AvgIpc) is 2.38. The van der Waals surface area contributed by atoms with E-state index in [-0.39, 0.29) is 0 Å². The lowest BCUT2D eigenvalue weighted by Crippen LogP contribution is -2.45. The van der Waals surface area contributed by atoms with E-state index >= 15 is 0 Å². The SMILES string of the molecule is CN(C)C(CC1CCCCN1)C1CCOCC1. The molecule has 2 rings (SSSR count). The van der Waals surface area contributed by atoms with Crippen LogP contribution >= 0.6 is 0 Å². The zero-order valence-electron chi connectivity index (χ0n) is 11.5. The Labute approximate surface area is 106 Å². The smallest absolute Gasteiger partial charge is 0.0469 e. The maximum absolute atomic E-state index is 5.49. The highest BCUT2D eigenvalue weighted by Crippen LogP contribution is 2.26. The van der Waals surface area contributed by atoms with Gasteiger partial charge in [-0.05, 0) is 58.7 Å². The Balaban J connectivity index is 1.86. The summed E-state index contributed by atoms with van der Waals surface area (Å²) in [6, 6.07) is 1.48. The molecule has 2 saturated heterocycles. The number of hydrogen-bond acceptors (Lipinski definition) is 3. The van der Waals surface area contributed by atoms with Crippen LogP contribution in [-0.2, 0) is 4.74 Å². The van der Waals surface area contributed by atoms with Gasteiger partial charge in [0, 0.05) is 25.3 Å². The quantitative estimate of drug-likeness (QED) is 0.812. The standard InChI is InChI=1S/C14H28N2O/c1-16(2)14(12-6-9-17-10-7-12)11-13-5-3-4-8-15-13/h12-15H,3-11H2,1-2H3. The van der Waals surface area contributed by atoms with Crippen LogP contribution in [0.25, 0.3) is 0 Å². The summed E-state index contributed by atoms with van der Waals surface area (Å²) in [5.74, 6) is 0.836. The first-order valence-corrected chi connectivity index (χ1v) is 7.25. The zero-order valence-corrected chi connectivity index (χ0v) is 11.5. The summed E-state index contributed by atoms with van der Waals surface area (Å²) in [5, 5.41) is 3.69. The Morgan fingerprint density at radius 1 is 1.18 bits per heavy atom. The maximum atomic E-state index is 5.49. The lowest BCUT2D eigenvalue weighted by Gasteiger charge is -2.38. The number of nitrogens with one attached hydrogen (secondary N) is 1. The molecule has 0 bridgehead atoms. The summed E-state index contributed by atoms with van der Waals surface area (Å²) < 4.78 is 5.49. The molecule has 2 unspecified atom stereocenters. The van der Waals surface area contributed by atoms with Crippen LogP contribution in [0.2, 0.25) is 0 Å². The van der Waals surface area contributed by atoms with E-state index in [1.54, 1.807) is 0 Å². The number of hydrogen-bond donors (Lipinski definition) is 1. The summed E-state index contributed by atoms with van der Waals surface area (Å²) >= 11 is 0. The van der Waals surface area contributed by atoms with E-state index in [4.69, 9.17) is 4.74 Å². The predicted molar refractivity (Wildman–Crippen MR) is 71.3 cm³/mol. The Bertz CT molecular complexity index is 208. The van der Waals surface area contributed by atoms with E-state index < -0.39 is 0 Å². The number of rotatable bonds is 4. The molecule has 0 aliphatic carbocycles. The highest BCUT2D eigenvalue weighted by atomic mass is 16.5. The monoisotopic (exact) mass is 240 g/mol. The third kappa shape index (κ3) is 3.94. The van der Waals surface area contributed by atoms with E-state index in [0.29, 0.717) is 0 Å². The summed E-state index contributed by atoms with van der Waals surface area (Å²) in [7, 11) is 4.48. The van der Waals surface area contributed by atoms with Crippen LogP contribution < -0.4 is 5.32 Å². The molecule has 1 N–H and O–H groups in total. The summed E-state index contributed by atoms with van der Waals surface area (Å²) in [4.78, 5) is 2.44.